The third kappa shape index (κ3) is 1.38. The van der Waals surface area contributed by atoms with Crippen molar-refractivity contribution in [1.82, 2.24) is 15.0 Å². The molecule has 0 aliphatic carbocycles. The van der Waals surface area contributed by atoms with Crippen molar-refractivity contribution in [2.24, 2.45) is 0 Å². The van der Waals surface area contributed by atoms with Gasteiger partial charge in [-0.1, -0.05) is 5.21 Å². The van der Waals surface area contributed by atoms with Crippen molar-refractivity contribution in [3.63, 3.8) is 0 Å². The van der Waals surface area contributed by atoms with E-state index in [0.717, 1.165) is 0 Å². The highest BCUT2D eigenvalue weighted by atomic mass is 16.5. The summed E-state index contributed by atoms with van der Waals surface area (Å²) in [6.45, 7) is 0.320. The molecule has 1 aromatic rings. The molecule has 0 aromatic carbocycles. The summed E-state index contributed by atoms with van der Waals surface area (Å²) in [5.74, 6) is 0. The Hall–Kier alpha value is -1.23. The van der Waals surface area contributed by atoms with Gasteiger partial charge in [-0.15, -0.1) is 5.10 Å². The summed E-state index contributed by atoms with van der Waals surface area (Å²) in [6.07, 6.45) is 2.15. The molecule has 5 nitrogen and oxygen atoms in total. The molecule has 0 unspecified atom stereocenters. The lowest BCUT2D eigenvalue weighted by Gasteiger charge is -1.93. The molecule has 1 rings (SSSR count). The van der Waals surface area contributed by atoms with Crippen molar-refractivity contribution >= 4 is 6.29 Å². The van der Waals surface area contributed by atoms with Crippen LogP contribution in [-0.2, 0) is 11.5 Å². The molecule has 0 spiro atoms. The summed E-state index contributed by atoms with van der Waals surface area (Å²) in [6, 6.07) is 0. The number of nitrogens with zero attached hydrogens (tertiary/aromatic N) is 3. The van der Waals surface area contributed by atoms with Crippen LogP contribution in [-0.4, -0.2) is 28.4 Å². The Morgan fingerprint density at radius 1 is 1.90 bits per heavy atom. The Kier molecular flexibility index (Phi) is 2.11. The Morgan fingerprint density at radius 2 is 2.70 bits per heavy atom. The van der Waals surface area contributed by atoms with Crippen LogP contribution in [0.25, 0.3) is 0 Å². The third-order valence-corrected chi connectivity index (χ3v) is 0.938. The van der Waals surface area contributed by atoms with Gasteiger partial charge in [-0.25, -0.2) is 4.68 Å². The molecule has 0 fully saturated rings. The smallest absolute Gasteiger partial charge is 0.171 e. The number of aromatic nitrogens is 3. The van der Waals surface area contributed by atoms with E-state index in [-0.39, 0.29) is 0 Å². The number of hydrogen-bond acceptors (Lipinski definition) is 4. The van der Waals surface area contributed by atoms with Gasteiger partial charge < -0.3 is 4.74 Å². The van der Waals surface area contributed by atoms with Crippen LogP contribution in [0.3, 0.4) is 0 Å². The zero-order valence-electron chi connectivity index (χ0n) is 5.52. The molecule has 0 N–H and O–H groups in total. The minimum Gasteiger partial charge on any atom is -0.362 e. The van der Waals surface area contributed by atoms with Crippen molar-refractivity contribution in [3.05, 3.63) is 11.9 Å². The molecule has 0 bridgehead atoms. The highest BCUT2D eigenvalue weighted by Crippen LogP contribution is 1.87. The number of hydrogen-bond donors (Lipinski definition) is 0. The first-order valence-corrected chi connectivity index (χ1v) is 2.71. The minimum absolute atomic E-state index is 0.317. The van der Waals surface area contributed by atoms with Crippen molar-refractivity contribution < 1.29 is 9.53 Å². The Morgan fingerprint density at radius 3 is 3.20 bits per heavy atom. The van der Waals surface area contributed by atoms with Crippen LogP contribution in [0.15, 0.2) is 6.20 Å². The van der Waals surface area contributed by atoms with Gasteiger partial charge in [0.1, 0.15) is 12.4 Å². The molecule has 0 aliphatic heterocycles. The van der Waals surface area contributed by atoms with Gasteiger partial charge in [0.25, 0.3) is 0 Å². The standard InChI is InChI=1S/C5H7N3O2/c1-10-4-8-2-5(3-9)6-7-8/h2-3H,4H2,1H3. The first-order valence-electron chi connectivity index (χ1n) is 2.71. The van der Waals surface area contributed by atoms with Crippen LogP contribution >= 0.6 is 0 Å². The van der Waals surface area contributed by atoms with Crippen molar-refractivity contribution in [3.8, 4) is 0 Å². The van der Waals surface area contributed by atoms with Gasteiger partial charge in [-0.2, -0.15) is 0 Å². The summed E-state index contributed by atoms with van der Waals surface area (Å²) in [5, 5.41) is 7.11. The maximum Gasteiger partial charge on any atom is 0.171 e. The lowest BCUT2D eigenvalue weighted by atomic mass is 10.5. The lowest BCUT2D eigenvalue weighted by Crippen LogP contribution is -1.99. The average Bonchev–Trinajstić information content (AvgIpc) is 2.37. The highest BCUT2D eigenvalue weighted by Gasteiger charge is 1.95. The van der Waals surface area contributed by atoms with Crippen LogP contribution in [0.1, 0.15) is 10.5 Å². The number of aldehydes is 1. The number of rotatable bonds is 3. The van der Waals surface area contributed by atoms with E-state index in [1.807, 2.05) is 0 Å². The second-order valence-electron chi connectivity index (χ2n) is 1.72. The summed E-state index contributed by atoms with van der Waals surface area (Å²) in [4.78, 5) is 10.1. The predicted octanol–water partition coefficient (Wildman–Crippen LogP) is -0.306. The highest BCUT2D eigenvalue weighted by molar-refractivity contribution is 5.70. The van der Waals surface area contributed by atoms with Gasteiger partial charge in [0, 0.05) is 7.11 Å². The second-order valence-corrected chi connectivity index (χ2v) is 1.72. The largest absolute Gasteiger partial charge is 0.362 e. The van der Waals surface area contributed by atoms with E-state index in [1.165, 1.54) is 10.9 Å². The molecule has 1 heterocycles. The summed E-state index contributed by atoms with van der Waals surface area (Å²) >= 11 is 0. The van der Waals surface area contributed by atoms with Crippen molar-refractivity contribution in [1.29, 1.82) is 0 Å². The van der Waals surface area contributed by atoms with Crippen molar-refractivity contribution in [2.45, 2.75) is 6.73 Å². The van der Waals surface area contributed by atoms with E-state index in [4.69, 9.17) is 4.74 Å². The first kappa shape index (κ1) is 6.88. The Bertz CT molecular complexity index is 220. The molecule has 5 heteroatoms. The average molecular weight is 141 g/mol. The van der Waals surface area contributed by atoms with Crippen LogP contribution in [0.2, 0.25) is 0 Å². The maximum atomic E-state index is 10.1. The summed E-state index contributed by atoms with van der Waals surface area (Å²) < 4.78 is 6.16. The minimum atomic E-state index is 0.317. The first-order chi connectivity index (χ1) is 4.86. The fourth-order valence-corrected chi connectivity index (χ4v) is 0.563. The molecule has 0 atom stereocenters. The Balaban J connectivity index is 2.68. The fraction of sp³-hybridized carbons (Fsp3) is 0.400. The predicted molar refractivity (Wildman–Crippen MR) is 32.4 cm³/mol. The van der Waals surface area contributed by atoms with E-state index in [1.54, 1.807) is 7.11 Å². The van der Waals surface area contributed by atoms with Gasteiger partial charge in [-0.3, -0.25) is 4.79 Å². The van der Waals surface area contributed by atoms with Gasteiger partial charge in [0.2, 0.25) is 0 Å². The molecule has 10 heavy (non-hydrogen) atoms. The van der Waals surface area contributed by atoms with Crippen molar-refractivity contribution in [2.75, 3.05) is 7.11 Å². The number of ether oxygens (including phenoxy) is 1. The molecule has 0 radical (unpaired) electrons. The number of carbonyl (C=O) groups is 1. The molecule has 0 aliphatic rings. The normalized spacial score (nSPS) is 9.70. The topological polar surface area (TPSA) is 57.0 Å². The summed E-state index contributed by atoms with van der Waals surface area (Å²) in [7, 11) is 1.54. The van der Waals surface area contributed by atoms with Gasteiger partial charge in [-0.05, 0) is 0 Å². The van der Waals surface area contributed by atoms with E-state index in [2.05, 4.69) is 10.3 Å². The molecular weight excluding hydrogens is 134 g/mol. The van der Waals surface area contributed by atoms with Gasteiger partial charge >= 0.3 is 0 Å². The van der Waals surface area contributed by atoms with E-state index >= 15 is 0 Å². The number of carbonyl (C=O) groups excluding carboxylic acids is 1. The Labute approximate surface area is 57.6 Å². The molecule has 54 valence electrons. The second kappa shape index (κ2) is 3.07. The maximum absolute atomic E-state index is 10.1. The molecule has 0 saturated heterocycles. The monoisotopic (exact) mass is 141 g/mol. The molecule has 0 amide bonds. The van der Waals surface area contributed by atoms with E-state index in [9.17, 15) is 4.79 Å². The van der Waals surface area contributed by atoms with Crippen LogP contribution in [0.5, 0.6) is 0 Å². The van der Waals surface area contributed by atoms with Gasteiger partial charge in [0.05, 0.1) is 6.20 Å². The summed E-state index contributed by atoms with van der Waals surface area (Å²) in [5.41, 5.74) is 0.317. The van der Waals surface area contributed by atoms with Gasteiger partial charge in [0.15, 0.2) is 6.29 Å². The SMILES string of the molecule is COCn1cc(C=O)nn1. The molecule has 1 aromatic heterocycles. The lowest BCUT2D eigenvalue weighted by molar-refractivity contribution is 0.111. The zero-order valence-corrected chi connectivity index (χ0v) is 5.52. The molecule has 0 saturated carbocycles. The van der Waals surface area contributed by atoms with Crippen LogP contribution in [0.4, 0.5) is 0 Å². The van der Waals surface area contributed by atoms with E-state index in [0.29, 0.717) is 18.7 Å². The fourth-order valence-electron chi connectivity index (χ4n) is 0.563. The number of methoxy groups -OCH3 is 1. The van der Waals surface area contributed by atoms with Crippen LogP contribution < -0.4 is 0 Å². The van der Waals surface area contributed by atoms with Crippen LogP contribution in [0, 0.1) is 0 Å². The quantitative estimate of drug-likeness (QED) is 0.542. The van der Waals surface area contributed by atoms with E-state index < -0.39 is 0 Å². The third-order valence-electron chi connectivity index (χ3n) is 0.938. The molecular formula is C5H7N3O2. The zero-order chi connectivity index (χ0) is 7.40.